The zero-order chi connectivity index (χ0) is 16.7. The number of aromatic nitrogens is 3. The van der Waals surface area contributed by atoms with Crippen molar-refractivity contribution in [3.05, 3.63) is 30.4 Å². The number of ether oxygens (including phenoxy) is 2. The Morgan fingerprint density at radius 3 is 2.74 bits per heavy atom. The topological polar surface area (TPSA) is 99.6 Å². The van der Waals surface area contributed by atoms with Gasteiger partial charge in [0.05, 0.1) is 18.9 Å². The molecule has 0 saturated heterocycles. The van der Waals surface area contributed by atoms with Crippen LogP contribution in [0.2, 0.25) is 0 Å². The van der Waals surface area contributed by atoms with Crippen LogP contribution in [0, 0.1) is 0 Å². The second kappa shape index (κ2) is 8.02. The lowest BCUT2D eigenvalue weighted by atomic mass is 10.2. The highest BCUT2D eigenvalue weighted by molar-refractivity contribution is 5.93. The van der Waals surface area contributed by atoms with E-state index in [0.29, 0.717) is 31.2 Å². The van der Waals surface area contributed by atoms with Gasteiger partial charge in [-0.25, -0.2) is 4.99 Å². The van der Waals surface area contributed by atoms with E-state index in [9.17, 15) is 0 Å². The average Bonchev–Trinajstić information content (AvgIpc) is 2.93. The number of nitrogens with zero attached hydrogens (tertiary/aromatic N) is 4. The Morgan fingerprint density at radius 2 is 2.09 bits per heavy atom. The van der Waals surface area contributed by atoms with Crippen molar-refractivity contribution in [2.24, 2.45) is 17.8 Å². The highest BCUT2D eigenvalue weighted by atomic mass is 16.5. The number of hydrogen-bond donors (Lipinski definition) is 2. The molecule has 8 heteroatoms. The smallest absolute Gasteiger partial charge is 0.193 e. The lowest BCUT2D eigenvalue weighted by molar-refractivity contribution is 0.332. The minimum atomic E-state index is 0.266. The second-order valence-corrected chi connectivity index (χ2v) is 4.71. The third-order valence-corrected chi connectivity index (χ3v) is 3.02. The Kier molecular flexibility index (Phi) is 5.79. The van der Waals surface area contributed by atoms with E-state index in [0.717, 1.165) is 11.6 Å². The first-order valence-electron chi connectivity index (χ1n) is 7.43. The molecule has 0 atom stereocenters. The largest absolute Gasteiger partial charge is 0.494 e. The number of rotatable bonds is 7. The molecule has 3 N–H and O–H groups in total. The third-order valence-electron chi connectivity index (χ3n) is 3.02. The normalized spacial score (nSPS) is 11.3. The standard InChI is InChI=1S/C15H22N6O2/c1-4-22-11-6-7-13(23-5-2)12(8-11)19-15(16)17-9-14-20-18-10-21(14)3/h6-8,10H,4-5,9H2,1-3H3,(H3,16,17,19). The van der Waals surface area contributed by atoms with Crippen LogP contribution in [0.4, 0.5) is 5.69 Å². The van der Waals surface area contributed by atoms with Gasteiger partial charge in [-0.05, 0) is 26.0 Å². The zero-order valence-electron chi connectivity index (χ0n) is 13.6. The molecule has 1 aromatic heterocycles. The summed E-state index contributed by atoms with van der Waals surface area (Å²) in [6.45, 7) is 5.33. The maximum absolute atomic E-state index is 5.95. The van der Waals surface area contributed by atoms with E-state index in [-0.39, 0.29) is 5.96 Å². The van der Waals surface area contributed by atoms with Crippen LogP contribution in [-0.2, 0) is 13.6 Å². The number of nitrogens with two attached hydrogens (primary N) is 1. The predicted octanol–water partition coefficient (Wildman–Crippen LogP) is 1.54. The maximum Gasteiger partial charge on any atom is 0.193 e. The van der Waals surface area contributed by atoms with Gasteiger partial charge < -0.3 is 25.1 Å². The minimum absolute atomic E-state index is 0.266. The van der Waals surface area contributed by atoms with Crippen molar-refractivity contribution < 1.29 is 9.47 Å². The van der Waals surface area contributed by atoms with Gasteiger partial charge in [0.1, 0.15) is 24.4 Å². The van der Waals surface area contributed by atoms with Gasteiger partial charge in [-0.1, -0.05) is 0 Å². The summed E-state index contributed by atoms with van der Waals surface area (Å²) in [7, 11) is 1.85. The minimum Gasteiger partial charge on any atom is -0.494 e. The van der Waals surface area contributed by atoms with Crippen LogP contribution < -0.4 is 20.5 Å². The van der Waals surface area contributed by atoms with Gasteiger partial charge in [0.15, 0.2) is 11.8 Å². The zero-order valence-corrected chi connectivity index (χ0v) is 13.6. The van der Waals surface area contributed by atoms with Gasteiger partial charge in [0, 0.05) is 13.1 Å². The van der Waals surface area contributed by atoms with E-state index in [2.05, 4.69) is 20.5 Å². The Hall–Kier alpha value is -2.77. The molecule has 0 aliphatic heterocycles. The molecule has 0 saturated carbocycles. The van der Waals surface area contributed by atoms with Crippen molar-refractivity contribution in [2.45, 2.75) is 20.4 Å². The van der Waals surface area contributed by atoms with Crippen molar-refractivity contribution in [3.8, 4) is 11.5 Å². The lowest BCUT2D eigenvalue weighted by Crippen LogP contribution is -2.23. The van der Waals surface area contributed by atoms with Crippen LogP contribution in [0.3, 0.4) is 0 Å². The Balaban J connectivity index is 2.12. The number of anilines is 1. The van der Waals surface area contributed by atoms with Crippen molar-refractivity contribution in [2.75, 3.05) is 18.5 Å². The molecule has 0 aliphatic rings. The molecule has 1 heterocycles. The first-order valence-corrected chi connectivity index (χ1v) is 7.43. The van der Waals surface area contributed by atoms with Crippen molar-refractivity contribution in [1.29, 1.82) is 0 Å². The summed E-state index contributed by atoms with van der Waals surface area (Å²) in [6, 6.07) is 5.53. The van der Waals surface area contributed by atoms with Gasteiger partial charge in [-0.2, -0.15) is 0 Å². The third kappa shape index (κ3) is 4.60. The van der Waals surface area contributed by atoms with Crippen LogP contribution in [0.5, 0.6) is 11.5 Å². The van der Waals surface area contributed by atoms with Gasteiger partial charge >= 0.3 is 0 Å². The summed E-state index contributed by atoms with van der Waals surface area (Å²) >= 11 is 0. The van der Waals surface area contributed by atoms with Crippen molar-refractivity contribution in [3.63, 3.8) is 0 Å². The van der Waals surface area contributed by atoms with Crippen molar-refractivity contribution in [1.82, 2.24) is 14.8 Å². The number of nitrogens with one attached hydrogen (secondary N) is 1. The monoisotopic (exact) mass is 318 g/mol. The number of aryl methyl sites for hydroxylation is 1. The quantitative estimate of drug-likeness (QED) is 0.593. The van der Waals surface area contributed by atoms with Crippen LogP contribution in [0.15, 0.2) is 29.5 Å². The Labute approximate surface area is 135 Å². The molecule has 0 spiro atoms. The number of aliphatic imine (C=N–C) groups is 1. The summed E-state index contributed by atoms with van der Waals surface area (Å²) in [5, 5.41) is 10.8. The summed E-state index contributed by atoms with van der Waals surface area (Å²) in [4.78, 5) is 4.26. The van der Waals surface area contributed by atoms with E-state index >= 15 is 0 Å². The molecule has 0 bridgehead atoms. The maximum atomic E-state index is 5.95. The van der Waals surface area contributed by atoms with Crippen LogP contribution in [0.1, 0.15) is 19.7 Å². The first-order chi connectivity index (χ1) is 11.1. The van der Waals surface area contributed by atoms with Gasteiger partial charge in [-0.3, -0.25) is 0 Å². The molecule has 0 fully saturated rings. The van der Waals surface area contributed by atoms with E-state index in [1.165, 1.54) is 0 Å². The summed E-state index contributed by atoms with van der Waals surface area (Å²) in [6.07, 6.45) is 1.62. The van der Waals surface area contributed by atoms with E-state index in [1.807, 2.05) is 39.1 Å². The fourth-order valence-corrected chi connectivity index (χ4v) is 1.93. The predicted molar refractivity (Wildman–Crippen MR) is 88.7 cm³/mol. The van der Waals surface area contributed by atoms with Gasteiger partial charge in [0.25, 0.3) is 0 Å². The van der Waals surface area contributed by atoms with E-state index in [4.69, 9.17) is 15.2 Å². The number of hydrogen-bond acceptors (Lipinski definition) is 5. The van der Waals surface area contributed by atoms with Gasteiger partial charge in [-0.15, -0.1) is 10.2 Å². The molecule has 1 aromatic carbocycles. The number of guanidine groups is 1. The molecule has 23 heavy (non-hydrogen) atoms. The first kappa shape index (κ1) is 16.6. The van der Waals surface area contributed by atoms with Gasteiger partial charge in [0.2, 0.25) is 0 Å². The molecular formula is C15H22N6O2. The SMILES string of the molecule is CCOc1ccc(OCC)c(NC(N)=NCc2nncn2C)c1. The molecule has 0 unspecified atom stereocenters. The highest BCUT2D eigenvalue weighted by Crippen LogP contribution is 2.29. The van der Waals surface area contributed by atoms with Crippen molar-refractivity contribution >= 4 is 11.6 Å². The molecule has 124 valence electrons. The summed E-state index contributed by atoms with van der Waals surface area (Å²) < 4.78 is 12.9. The molecule has 0 aliphatic carbocycles. The van der Waals surface area contributed by atoms with Crippen LogP contribution >= 0.6 is 0 Å². The second-order valence-electron chi connectivity index (χ2n) is 4.71. The van der Waals surface area contributed by atoms with E-state index in [1.54, 1.807) is 10.9 Å². The molecule has 0 radical (unpaired) electrons. The Bertz CT molecular complexity index is 668. The molecule has 2 rings (SSSR count). The van der Waals surface area contributed by atoms with E-state index < -0.39 is 0 Å². The fourth-order valence-electron chi connectivity index (χ4n) is 1.93. The fraction of sp³-hybridized carbons (Fsp3) is 0.400. The van der Waals surface area contributed by atoms with Crippen LogP contribution in [-0.4, -0.2) is 33.9 Å². The highest BCUT2D eigenvalue weighted by Gasteiger charge is 2.07. The molecule has 0 amide bonds. The van der Waals surface area contributed by atoms with Crippen LogP contribution in [0.25, 0.3) is 0 Å². The summed E-state index contributed by atoms with van der Waals surface area (Å²) in [5.41, 5.74) is 6.65. The lowest BCUT2D eigenvalue weighted by Gasteiger charge is -2.13. The molecule has 8 nitrogen and oxygen atoms in total. The molecular weight excluding hydrogens is 296 g/mol. The Morgan fingerprint density at radius 1 is 1.30 bits per heavy atom. The number of benzene rings is 1. The average molecular weight is 318 g/mol. The molecule has 2 aromatic rings. The summed E-state index contributed by atoms with van der Waals surface area (Å²) in [5.74, 6) is 2.41.